The first-order valence-electron chi connectivity index (χ1n) is 6.81. The van der Waals surface area contributed by atoms with Gasteiger partial charge in [0.15, 0.2) is 11.9 Å². The van der Waals surface area contributed by atoms with Crippen molar-refractivity contribution < 1.29 is 49.4 Å². The van der Waals surface area contributed by atoms with Crippen LogP contribution in [0.25, 0.3) is 0 Å². The van der Waals surface area contributed by atoms with Gasteiger partial charge in [-0.1, -0.05) is 12.1 Å². The van der Waals surface area contributed by atoms with Crippen LogP contribution < -0.4 is 4.74 Å². The number of carbonyl (C=O) groups is 3. The molecule has 0 saturated heterocycles. The first-order valence-corrected chi connectivity index (χ1v) is 6.81. The second-order valence-corrected chi connectivity index (χ2v) is 4.70. The van der Waals surface area contributed by atoms with E-state index in [9.17, 15) is 14.4 Å². The second-order valence-electron chi connectivity index (χ2n) is 4.70. The molecule has 0 bridgehead atoms. The molecule has 2 rings (SSSR count). The van der Waals surface area contributed by atoms with E-state index in [-0.39, 0.29) is 11.3 Å². The molecule has 5 N–H and O–H groups in total. The summed E-state index contributed by atoms with van der Waals surface area (Å²) >= 11 is 0. The van der Waals surface area contributed by atoms with Crippen molar-refractivity contribution in [2.24, 2.45) is 0 Å². The summed E-state index contributed by atoms with van der Waals surface area (Å²) < 4.78 is 9.00. The van der Waals surface area contributed by atoms with E-state index in [2.05, 4.69) is 9.47 Å². The molecular weight excluding hydrogens is 340 g/mol. The van der Waals surface area contributed by atoms with Crippen LogP contribution in [-0.4, -0.2) is 62.3 Å². The lowest BCUT2D eigenvalue weighted by atomic mass is 10.2. The summed E-state index contributed by atoms with van der Waals surface area (Å²) in [6.45, 7) is 0.550. The van der Waals surface area contributed by atoms with E-state index in [1.54, 1.807) is 12.1 Å². The van der Waals surface area contributed by atoms with Crippen LogP contribution in [0.1, 0.15) is 17.3 Å². The Morgan fingerprint density at radius 2 is 1.88 bits per heavy atom. The third-order valence-electron chi connectivity index (χ3n) is 2.85. The summed E-state index contributed by atoms with van der Waals surface area (Å²) in [6.07, 6.45) is -2.78. The number of benzene rings is 1. The summed E-state index contributed by atoms with van der Waals surface area (Å²) in [4.78, 5) is 31.7. The van der Waals surface area contributed by atoms with Crippen molar-refractivity contribution >= 4 is 17.9 Å². The molecule has 1 unspecified atom stereocenters. The van der Waals surface area contributed by atoms with Crippen molar-refractivity contribution in [3.8, 4) is 5.75 Å². The molecule has 136 valence electrons. The smallest absolute Gasteiger partial charge is 0.377 e. The zero-order valence-corrected chi connectivity index (χ0v) is 12.9. The molecule has 0 spiro atoms. The van der Waals surface area contributed by atoms with Crippen LogP contribution in [0.3, 0.4) is 0 Å². The maximum Gasteiger partial charge on any atom is 0.377 e. The van der Waals surface area contributed by atoms with Gasteiger partial charge in [-0.2, -0.15) is 0 Å². The van der Waals surface area contributed by atoms with E-state index >= 15 is 0 Å². The number of carbonyl (C=O) groups excluding carboxylic acids is 2. The number of ether oxygens (including phenoxy) is 2. The van der Waals surface area contributed by atoms with Gasteiger partial charge in [-0.25, -0.2) is 9.59 Å². The van der Waals surface area contributed by atoms with Gasteiger partial charge in [0.1, 0.15) is 17.4 Å². The maximum absolute atomic E-state index is 10.6. The maximum atomic E-state index is 10.6. The SMILES string of the molecule is CC(=O)Oc1ccccc1C(=O)O.O=C1OC([C@@H](O)CO)C(O)=C1O. The predicted molar refractivity (Wildman–Crippen MR) is 80.0 cm³/mol. The number of esters is 2. The van der Waals surface area contributed by atoms with E-state index in [1.807, 2.05) is 0 Å². The van der Waals surface area contributed by atoms with Crippen LogP contribution >= 0.6 is 0 Å². The molecule has 1 aromatic rings. The number of rotatable bonds is 4. The Balaban J connectivity index is 0.000000251. The highest BCUT2D eigenvalue weighted by molar-refractivity contribution is 5.91. The van der Waals surface area contributed by atoms with Crippen molar-refractivity contribution in [3.63, 3.8) is 0 Å². The third kappa shape index (κ3) is 5.19. The van der Waals surface area contributed by atoms with Gasteiger partial charge >= 0.3 is 17.9 Å². The molecule has 25 heavy (non-hydrogen) atoms. The van der Waals surface area contributed by atoms with Crippen LogP contribution in [0.15, 0.2) is 35.8 Å². The Morgan fingerprint density at radius 1 is 1.28 bits per heavy atom. The average molecular weight is 356 g/mol. The van der Waals surface area contributed by atoms with E-state index < -0.39 is 48.2 Å². The highest BCUT2D eigenvalue weighted by Crippen LogP contribution is 2.21. The van der Waals surface area contributed by atoms with E-state index in [0.29, 0.717) is 0 Å². The van der Waals surface area contributed by atoms with Gasteiger partial charge < -0.3 is 35.0 Å². The lowest BCUT2D eigenvalue weighted by molar-refractivity contribution is -0.147. The molecule has 2 atom stereocenters. The fourth-order valence-electron chi connectivity index (χ4n) is 1.71. The summed E-state index contributed by atoms with van der Waals surface area (Å²) in [5.41, 5.74) is -0.0160. The standard InChI is InChI=1S/C9H8O4.C6H8O6/c1-6(10)13-8-5-3-2-4-7(8)9(11)12;7-1-2(8)5-3(9)4(10)6(11)12-5/h2-5H,1H3,(H,11,12);2,5,7-10H,1H2/t;2-,5?/m.0/s1. The topological polar surface area (TPSA) is 171 Å². The lowest BCUT2D eigenvalue weighted by Gasteiger charge is -2.13. The van der Waals surface area contributed by atoms with Crippen LogP contribution in [0.5, 0.6) is 5.75 Å². The second kappa shape index (κ2) is 8.66. The van der Waals surface area contributed by atoms with E-state index in [1.165, 1.54) is 19.1 Å². The van der Waals surface area contributed by atoms with Crippen molar-refractivity contribution in [2.75, 3.05) is 6.61 Å². The molecule has 1 aliphatic heterocycles. The van der Waals surface area contributed by atoms with Gasteiger partial charge in [-0.3, -0.25) is 4.79 Å². The normalized spacial score (nSPS) is 17.2. The largest absolute Gasteiger partial charge is 0.505 e. The minimum Gasteiger partial charge on any atom is -0.505 e. The first-order chi connectivity index (χ1) is 11.7. The Bertz CT molecular complexity index is 693. The van der Waals surface area contributed by atoms with Crippen LogP contribution in [0, 0.1) is 0 Å². The van der Waals surface area contributed by atoms with Gasteiger partial charge in [-0.15, -0.1) is 0 Å². The number of hydrogen-bond acceptors (Lipinski definition) is 9. The minimum absolute atomic E-state index is 0.0160. The summed E-state index contributed by atoms with van der Waals surface area (Å²) in [7, 11) is 0. The number of hydrogen-bond donors (Lipinski definition) is 5. The fourth-order valence-corrected chi connectivity index (χ4v) is 1.71. The molecule has 1 heterocycles. The van der Waals surface area contributed by atoms with Gasteiger partial charge in [0, 0.05) is 6.92 Å². The molecular formula is C15H16O10. The number of para-hydroxylation sites is 1. The number of cyclic esters (lactones) is 1. The van der Waals surface area contributed by atoms with Gasteiger partial charge in [0.05, 0.1) is 6.61 Å². The van der Waals surface area contributed by atoms with Crippen LogP contribution in [-0.2, 0) is 14.3 Å². The number of aliphatic hydroxyl groups excluding tert-OH is 4. The van der Waals surface area contributed by atoms with E-state index in [0.717, 1.165) is 0 Å². The monoisotopic (exact) mass is 356 g/mol. The van der Waals surface area contributed by atoms with Crippen LogP contribution in [0.2, 0.25) is 0 Å². The van der Waals surface area contributed by atoms with Gasteiger partial charge in [0.25, 0.3) is 0 Å². The van der Waals surface area contributed by atoms with Crippen molar-refractivity contribution in [3.05, 3.63) is 41.3 Å². The van der Waals surface area contributed by atoms with E-state index in [4.69, 9.17) is 25.5 Å². The lowest BCUT2D eigenvalue weighted by Crippen LogP contribution is -2.31. The summed E-state index contributed by atoms with van der Waals surface area (Å²) in [5, 5.41) is 43.7. The number of aromatic carboxylic acids is 1. The molecule has 1 aliphatic rings. The summed E-state index contributed by atoms with van der Waals surface area (Å²) in [5.74, 6) is -4.35. The molecule has 0 radical (unpaired) electrons. The minimum atomic E-state index is -1.42. The zero-order chi connectivity index (χ0) is 19.1. The highest BCUT2D eigenvalue weighted by Gasteiger charge is 2.38. The number of aliphatic hydroxyl groups is 4. The quantitative estimate of drug-likeness (QED) is 0.362. The first kappa shape index (κ1) is 19.9. The predicted octanol–water partition coefficient (Wildman–Crippen LogP) is -0.0973. The van der Waals surface area contributed by atoms with Crippen molar-refractivity contribution in [1.82, 2.24) is 0 Å². The molecule has 0 fully saturated rings. The molecule has 10 nitrogen and oxygen atoms in total. The highest BCUT2D eigenvalue weighted by atomic mass is 16.6. The Morgan fingerprint density at radius 3 is 2.32 bits per heavy atom. The van der Waals surface area contributed by atoms with Gasteiger partial charge in [0.2, 0.25) is 5.76 Å². The fraction of sp³-hybridized carbons (Fsp3) is 0.267. The molecule has 0 amide bonds. The molecule has 1 aromatic carbocycles. The molecule has 0 aliphatic carbocycles. The molecule has 0 aromatic heterocycles. The van der Waals surface area contributed by atoms with Gasteiger partial charge in [-0.05, 0) is 12.1 Å². The average Bonchev–Trinajstić information content (AvgIpc) is 2.82. The van der Waals surface area contributed by atoms with Crippen LogP contribution in [0.4, 0.5) is 0 Å². The number of carboxylic acids is 1. The third-order valence-corrected chi connectivity index (χ3v) is 2.85. The molecule has 0 saturated carbocycles. The van der Waals surface area contributed by atoms with Crippen molar-refractivity contribution in [2.45, 2.75) is 19.1 Å². The molecule has 10 heteroatoms. The Hall–Kier alpha value is -3.11. The zero-order valence-electron chi connectivity index (χ0n) is 12.9. The summed E-state index contributed by atoms with van der Waals surface area (Å²) in [6, 6.07) is 5.98. The Labute approximate surface area is 141 Å². The number of carboxylic acid groups (broad SMARTS) is 1. The Kier molecular flexibility index (Phi) is 6.91. The van der Waals surface area contributed by atoms with Crippen molar-refractivity contribution in [1.29, 1.82) is 0 Å².